The fraction of sp³-hybridized carbons (Fsp3) is 0.500. The Morgan fingerprint density at radius 3 is 2.47 bits per heavy atom. The molecule has 0 atom stereocenters. The van der Waals surface area contributed by atoms with Crippen LogP contribution in [0.25, 0.3) is 0 Å². The third kappa shape index (κ3) is 3.80. The number of hydrogen-bond donors (Lipinski definition) is 2. The predicted molar refractivity (Wildman–Crippen MR) is 47.8 cm³/mol. The van der Waals surface area contributed by atoms with Gasteiger partial charge in [-0.3, -0.25) is 0 Å². The molecule has 15 heavy (non-hydrogen) atoms. The summed E-state index contributed by atoms with van der Waals surface area (Å²) in [5, 5.41) is 9.43. The zero-order valence-electron chi connectivity index (χ0n) is 7.88. The normalized spacial score (nSPS) is 11.7. The van der Waals surface area contributed by atoms with Crippen molar-refractivity contribution in [2.24, 2.45) is 5.73 Å². The first-order chi connectivity index (χ1) is 7.04. The highest BCUT2D eigenvalue weighted by Crippen LogP contribution is 2.26. The molecule has 0 saturated carbocycles. The number of hydrogen-bond acceptors (Lipinski definition) is 4. The number of nitrogens with one attached hydrogen (secondary N) is 1. The van der Waals surface area contributed by atoms with Crippen molar-refractivity contribution < 1.29 is 13.2 Å². The molecule has 0 radical (unpaired) electrons. The average Bonchev–Trinajstić information content (AvgIpc) is 2.18. The highest BCUT2D eigenvalue weighted by Gasteiger charge is 2.32. The van der Waals surface area contributed by atoms with Gasteiger partial charge in [-0.2, -0.15) is 18.3 Å². The molecule has 0 bridgehead atoms. The lowest BCUT2D eigenvalue weighted by Crippen LogP contribution is -2.22. The van der Waals surface area contributed by atoms with Crippen molar-refractivity contribution in [3.05, 3.63) is 23.5 Å². The van der Waals surface area contributed by atoms with Crippen molar-refractivity contribution in [3.8, 4) is 0 Å². The fourth-order valence-corrected chi connectivity index (χ4v) is 0.924. The van der Waals surface area contributed by atoms with Gasteiger partial charge in [-0.05, 0) is 12.1 Å². The van der Waals surface area contributed by atoms with Crippen LogP contribution in [0.5, 0.6) is 0 Å². The van der Waals surface area contributed by atoms with Crippen LogP contribution in [0.4, 0.5) is 13.2 Å². The molecule has 0 saturated heterocycles. The van der Waals surface area contributed by atoms with Crippen molar-refractivity contribution in [2.75, 3.05) is 13.1 Å². The fourth-order valence-electron chi connectivity index (χ4n) is 0.924. The predicted octanol–water partition coefficient (Wildman–Crippen LogP) is 0.544. The smallest absolute Gasteiger partial charge is 0.329 e. The molecule has 0 aliphatic carbocycles. The molecule has 0 fully saturated rings. The molecule has 0 spiro atoms. The number of nitrogens with zero attached hydrogens (tertiary/aromatic N) is 2. The first kappa shape index (κ1) is 11.9. The van der Waals surface area contributed by atoms with E-state index in [1.807, 2.05) is 0 Å². The van der Waals surface area contributed by atoms with Gasteiger partial charge in [0.2, 0.25) is 0 Å². The SMILES string of the molecule is NCCNCc1ccc(C(F)(F)F)nn1. The van der Waals surface area contributed by atoms with Gasteiger partial charge in [-0.1, -0.05) is 0 Å². The summed E-state index contributed by atoms with van der Waals surface area (Å²) in [6, 6.07) is 2.20. The van der Waals surface area contributed by atoms with Crippen LogP contribution in [0, 0.1) is 0 Å². The van der Waals surface area contributed by atoms with E-state index >= 15 is 0 Å². The molecule has 0 aromatic carbocycles. The van der Waals surface area contributed by atoms with Crippen LogP contribution in [0.2, 0.25) is 0 Å². The van der Waals surface area contributed by atoms with E-state index in [9.17, 15) is 13.2 Å². The lowest BCUT2D eigenvalue weighted by atomic mass is 10.3. The number of halogens is 3. The summed E-state index contributed by atoms with van der Waals surface area (Å²) in [6.45, 7) is 1.42. The third-order valence-corrected chi connectivity index (χ3v) is 1.64. The Hall–Kier alpha value is -1.21. The van der Waals surface area contributed by atoms with E-state index < -0.39 is 11.9 Å². The first-order valence-electron chi connectivity index (χ1n) is 4.34. The van der Waals surface area contributed by atoms with Crippen molar-refractivity contribution in [1.29, 1.82) is 0 Å². The van der Waals surface area contributed by atoms with Crippen LogP contribution in [0.1, 0.15) is 11.4 Å². The molecular formula is C8H11F3N4. The van der Waals surface area contributed by atoms with E-state index in [2.05, 4.69) is 15.5 Å². The Labute approximate surface area is 84.7 Å². The van der Waals surface area contributed by atoms with Crippen molar-refractivity contribution in [3.63, 3.8) is 0 Å². The second-order valence-corrected chi connectivity index (χ2v) is 2.87. The Balaban J connectivity index is 2.57. The van der Waals surface area contributed by atoms with Crippen LogP contribution in [-0.4, -0.2) is 23.3 Å². The minimum atomic E-state index is -4.43. The molecule has 0 aliphatic heterocycles. The Morgan fingerprint density at radius 1 is 1.27 bits per heavy atom. The summed E-state index contributed by atoms with van der Waals surface area (Å²) in [5.74, 6) is 0. The lowest BCUT2D eigenvalue weighted by Gasteiger charge is -2.05. The van der Waals surface area contributed by atoms with E-state index in [-0.39, 0.29) is 0 Å². The van der Waals surface area contributed by atoms with Crippen LogP contribution in [0.3, 0.4) is 0 Å². The highest BCUT2D eigenvalue weighted by atomic mass is 19.4. The maximum absolute atomic E-state index is 12.1. The van der Waals surface area contributed by atoms with Crippen molar-refractivity contribution in [1.82, 2.24) is 15.5 Å². The van der Waals surface area contributed by atoms with E-state index in [0.29, 0.717) is 25.3 Å². The number of nitrogens with two attached hydrogens (primary N) is 1. The molecule has 1 heterocycles. The third-order valence-electron chi connectivity index (χ3n) is 1.64. The first-order valence-corrected chi connectivity index (χ1v) is 4.34. The summed E-state index contributed by atoms with van der Waals surface area (Å²) < 4.78 is 36.3. The minimum Gasteiger partial charge on any atom is -0.329 e. The molecule has 4 nitrogen and oxygen atoms in total. The lowest BCUT2D eigenvalue weighted by molar-refractivity contribution is -0.141. The molecule has 1 aromatic rings. The summed E-state index contributed by atoms with van der Waals surface area (Å²) in [5.41, 5.74) is 4.70. The number of rotatable bonds is 4. The van der Waals surface area contributed by atoms with Crippen LogP contribution < -0.4 is 11.1 Å². The summed E-state index contributed by atoms with van der Waals surface area (Å²) in [4.78, 5) is 0. The van der Waals surface area contributed by atoms with Gasteiger partial charge in [-0.15, -0.1) is 5.10 Å². The standard InChI is InChI=1S/C8H11F3N4/c9-8(10,11)7-2-1-6(14-15-7)5-13-4-3-12/h1-2,13H,3-5,12H2. The zero-order valence-corrected chi connectivity index (χ0v) is 7.88. The van der Waals surface area contributed by atoms with Crippen molar-refractivity contribution in [2.45, 2.75) is 12.7 Å². The summed E-state index contributed by atoms with van der Waals surface area (Å²) in [6.07, 6.45) is -4.43. The highest BCUT2D eigenvalue weighted by molar-refractivity contribution is 5.09. The van der Waals surface area contributed by atoms with Gasteiger partial charge in [0.1, 0.15) is 0 Å². The van der Waals surface area contributed by atoms with Gasteiger partial charge in [0, 0.05) is 19.6 Å². The van der Waals surface area contributed by atoms with Crippen LogP contribution >= 0.6 is 0 Å². The number of alkyl halides is 3. The molecule has 7 heteroatoms. The molecule has 3 N–H and O–H groups in total. The maximum atomic E-state index is 12.1. The molecule has 0 aliphatic rings. The van der Waals surface area contributed by atoms with Gasteiger partial charge in [-0.25, -0.2) is 0 Å². The van der Waals surface area contributed by atoms with E-state index in [1.165, 1.54) is 6.07 Å². The van der Waals surface area contributed by atoms with E-state index in [4.69, 9.17) is 5.73 Å². The van der Waals surface area contributed by atoms with Crippen LogP contribution in [-0.2, 0) is 12.7 Å². The van der Waals surface area contributed by atoms with E-state index in [0.717, 1.165) is 6.07 Å². The Morgan fingerprint density at radius 2 is 2.00 bits per heavy atom. The molecule has 1 aromatic heterocycles. The van der Waals surface area contributed by atoms with Gasteiger partial charge in [0.05, 0.1) is 5.69 Å². The Kier molecular flexibility index (Phi) is 3.98. The largest absolute Gasteiger partial charge is 0.435 e. The van der Waals surface area contributed by atoms with Gasteiger partial charge in [0.25, 0.3) is 0 Å². The maximum Gasteiger partial charge on any atom is 0.435 e. The minimum absolute atomic E-state index is 0.363. The molecule has 0 amide bonds. The molecule has 1 rings (SSSR count). The van der Waals surface area contributed by atoms with Crippen molar-refractivity contribution >= 4 is 0 Å². The topological polar surface area (TPSA) is 63.8 Å². The van der Waals surface area contributed by atoms with Gasteiger partial charge >= 0.3 is 6.18 Å². The second kappa shape index (κ2) is 5.04. The average molecular weight is 220 g/mol. The molecule has 0 unspecified atom stereocenters. The second-order valence-electron chi connectivity index (χ2n) is 2.87. The molecular weight excluding hydrogens is 209 g/mol. The summed E-state index contributed by atoms with van der Waals surface area (Å²) in [7, 11) is 0. The zero-order chi connectivity index (χ0) is 11.3. The quantitative estimate of drug-likeness (QED) is 0.727. The van der Waals surface area contributed by atoms with Gasteiger partial charge < -0.3 is 11.1 Å². The van der Waals surface area contributed by atoms with Gasteiger partial charge in [0.15, 0.2) is 5.69 Å². The number of aromatic nitrogens is 2. The van der Waals surface area contributed by atoms with E-state index in [1.54, 1.807) is 0 Å². The monoisotopic (exact) mass is 220 g/mol. The molecule has 84 valence electrons. The Bertz CT molecular complexity index is 296. The summed E-state index contributed by atoms with van der Waals surface area (Å²) >= 11 is 0. The van der Waals surface area contributed by atoms with Crippen LogP contribution in [0.15, 0.2) is 12.1 Å².